The fourth-order valence-corrected chi connectivity index (χ4v) is 2.93. The number of rotatable bonds is 4. The molecule has 4 rings (SSSR count). The lowest BCUT2D eigenvalue weighted by molar-refractivity contribution is 0.0785. The van der Waals surface area contributed by atoms with Crippen LogP contribution in [-0.4, -0.2) is 37.8 Å². The molecule has 0 radical (unpaired) electrons. The van der Waals surface area contributed by atoms with Gasteiger partial charge in [-0.2, -0.15) is 0 Å². The zero-order valence-corrected chi connectivity index (χ0v) is 14.8. The highest BCUT2D eigenvalue weighted by Gasteiger charge is 2.15. The van der Waals surface area contributed by atoms with Crippen LogP contribution >= 0.6 is 0 Å². The highest BCUT2D eigenvalue weighted by molar-refractivity contribution is 5.94. The smallest absolute Gasteiger partial charge is 0.257 e. The van der Waals surface area contributed by atoms with E-state index in [-0.39, 0.29) is 5.91 Å². The third-order valence-corrected chi connectivity index (χ3v) is 4.31. The maximum absolute atomic E-state index is 12.7. The second-order valence-corrected chi connectivity index (χ2v) is 6.18. The Morgan fingerprint density at radius 1 is 0.926 bits per heavy atom. The molecule has 1 amide bonds. The number of benzene rings is 1. The predicted molar refractivity (Wildman–Crippen MR) is 103 cm³/mol. The molecule has 0 atom stereocenters. The second kappa shape index (κ2) is 7.29. The van der Waals surface area contributed by atoms with Gasteiger partial charge in [0, 0.05) is 55.5 Å². The summed E-state index contributed by atoms with van der Waals surface area (Å²) in [6, 6.07) is 13.6. The molecular weight excluding hydrogens is 338 g/mol. The molecule has 0 aliphatic heterocycles. The lowest BCUT2D eigenvalue weighted by Gasteiger charge is -2.18. The zero-order chi connectivity index (χ0) is 18.6. The van der Waals surface area contributed by atoms with E-state index in [9.17, 15) is 4.79 Å². The number of para-hydroxylation sites is 1. The average Bonchev–Trinajstić information content (AvgIpc) is 2.74. The van der Waals surface area contributed by atoms with Gasteiger partial charge in [-0.15, -0.1) is 0 Å². The molecule has 132 valence electrons. The van der Waals surface area contributed by atoms with Crippen molar-refractivity contribution in [2.24, 2.45) is 0 Å². The van der Waals surface area contributed by atoms with E-state index in [0.717, 1.165) is 22.0 Å². The summed E-state index contributed by atoms with van der Waals surface area (Å²) in [6.07, 6.45) is 8.25. The number of amides is 1. The first-order chi connectivity index (χ1) is 13.2. The first-order valence-corrected chi connectivity index (χ1v) is 8.53. The van der Waals surface area contributed by atoms with Crippen molar-refractivity contribution in [3.05, 3.63) is 84.6 Å². The maximum atomic E-state index is 12.7. The minimum absolute atomic E-state index is 0.135. The number of carbonyl (C=O) groups is 1. The van der Waals surface area contributed by atoms with Crippen molar-refractivity contribution in [1.82, 2.24) is 24.8 Å². The van der Waals surface area contributed by atoms with Gasteiger partial charge in [0.1, 0.15) is 0 Å². The van der Waals surface area contributed by atoms with E-state index in [1.807, 2.05) is 42.5 Å². The Labute approximate surface area is 156 Å². The summed E-state index contributed by atoms with van der Waals surface area (Å²) in [5.74, 6) is 0.430. The van der Waals surface area contributed by atoms with E-state index < -0.39 is 0 Å². The third-order valence-electron chi connectivity index (χ3n) is 4.31. The first kappa shape index (κ1) is 16.8. The van der Waals surface area contributed by atoms with E-state index in [1.54, 1.807) is 42.9 Å². The minimum atomic E-state index is -0.135. The van der Waals surface area contributed by atoms with Crippen LogP contribution in [0.15, 0.2) is 73.4 Å². The van der Waals surface area contributed by atoms with Crippen LogP contribution < -0.4 is 0 Å². The number of carbonyl (C=O) groups excluding carboxylic acids is 1. The van der Waals surface area contributed by atoms with Crippen molar-refractivity contribution in [3.8, 4) is 11.4 Å². The van der Waals surface area contributed by atoms with Crippen LogP contribution in [0.2, 0.25) is 0 Å². The van der Waals surface area contributed by atoms with E-state index in [1.165, 1.54) is 0 Å². The van der Waals surface area contributed by atoms with Crippen LogP contribution in [0.25, 0.3) is 22.3 Å². The Hall–Kier alpha value is -3.67. The predicted octanol–water partition coefficient (Wildman–Crippen LogP) is 3.36. The summed E-state index contributed by atoms with van der Waals surface area (Å²) in [6.45, 7) is 0.458. The van der Waals surface area contributed by atoms with Crippen molar-refractivity contribution >= 4 is 16.8 Å². The highest BCUT2D eigenvalue weighted by Crippen LogP contribution is 2.18. The Balaban J connectivity index is 1.54. The molecule has 1 aromatic carbocycles. The second-order valence-electron chi connectivity index (χ2n) is 6.18. The van der Waals surface area contributed by atoms with E-state index in [2.05, 4.69) is 19.9 Å². The summed E-state index contributed by atoms with van der Waals surface area (Å²) in [4.78, 5) is 31.4. The van der Waals surface area contributed by atoms with Crippen LogP contribution in [0.4, 0.5) is 0 Å². The normalized spacial score (nSPS) is 10.7. The molecule has 0 unspecified atom stereocenters. The summed E-state index contributed by atoms with van der Waals surface area (Å²) in [5.41, 5.74) is 3.21. The fourth-order valence-electron chi connectivity index (χ4n) is 2.93. The molecule has 6 heteroatoms. The van der Waals surface area contributed by atoms with Crippen LogP contribution in [-0.2, 0) is 6.54 Å². The monoisotopic (exact) mass is 355 g/mol. The first-order valence-electron chi connectivity index (χ1n) is 8.53. The largest absolute Gasteiger partial charge is 0.337 e. The quantitative estimate of drug-likeness (QED) is 0.561. The molecule has 0 aliphatic carbocycles. The minimum Gasteiger partial charge on any atom is -0.337 e. The van der Waals surface area contributed by atoms with Gasteiger partial charge >= 0.3 is 0 Å². The third kappa shape index (κ3) is 3.50. The van der Waals surface area contributed by atoms with E-state index >= 15 is 0 Å². The fraction of sp³-hybridized carbons (Fsp3) is 0.0952. The van der Waals surface area contributed by atoms with Crippen molar-refractivity contribution in [2.45, 2.75) is 6.54 Å². The van der Waals surface area contributed by atoms with E-state index in [0.29, 0.717) is 17.9 Å². The van der Waals surface area contributed by atoms with Gasteiger partial charge < -0.3 is 4.90 Å². The topological polar surface area (TPSA) is 71.9 Å². The molecule has 0 saturated heterocycles. The number of aromatic nitrogens is 4. The van der Waals surface area contributed by atoms with Crippen molar-refractivity contribution in [1.29, 1.82) is 0 Å². The SMILES string of the molecule is CN(Cc1cccc2cccnc12)C(=O)c1cnc(-c2ccncc2)nc1. The maximum Gasteiger partial charge on any atom is 0.257 e. The van der Waals surface area contributed by atoms with Gasteiger partial charge in [0.15, 0.2) is 5.82 Å². The molecule has 0 fully saturated rings. The van der Waals surface area contributed by atoms with Crippen LogP contribution in [0.3, 0.4) is 0 Å². The van der Waals surface area contributed by atoms with Gasteiger partial charge in [-0.25, -0.2) is 9.97 Å². The van der Waals surface area contributed by atoms with Crippen LogP contribution in [0, 0.1) is 0 Å². The molecular formula is C21H17N5O. The van der Waals surface area contributed by atoms with Gasteiger partial charge in [0.2, 0.25) is 0 Å². The number of hydrogen-bond acceptors (Lipinski definition) is 5. The van der Waals surface area contributed by atoms with Gasteiger partial charge in [0.25, 0.3) is 5.91 Å². The van der Waals surface area contributed by atoms with Gasteiger partial charge in [-0.3, -0.25) is 14.8 Å². The molecule has 3 aromatic heterocycles. The van der Waals surface area contributed by atoms with E-state index in [4.69, 9.17) is 0 Å². The zero-order valence-electron chi connectivity index (χ0n) is 14.8. The Bertz CT molecular complexity index is 1080. The number of hydrogen-bond donors (Lipinski definition) is 0. The number of nitrogens with zero attached hydrogens (tertiary/aromatic N) is 5. The lowest BCUT2D eigenvalue weighted by Crippen LogP contribution is -2.26. The van der Waals surface area contributed by atoms with Gasteiger partial charge in [-0.1, -0.05) is 24.3 Å². The number of pyridine rings is 2. The molecule has 0 aliphatic rings. The Kier molecular flexibility index (Phi) is 4.53. The van der Waals surface area contributed by atoms with Gasteiger partial charge in [-0.05, 0) is 23.8 Å². The van der Waals surface area contributed by atoms with Gasteiger partial charge in [0.05, 0.1) is 11.1 Å². The van der Waals surface area contributed by atoms with Crippen molar-refractivity contribution in [2.75, 3.05) is 7.05 Å². The Morgan fingerprint density at radius 3 is 2.44 bits per heavy atom. The number of fused-ring (bicyclic) bond motifs is 1. The van der Waals surface area contributed by atoms with Crippen molar-refractivity contribution in [3.63, 3.8) is 0 Å². The molecule has 0 bridgehead atoms. The molecule has 0 saturated carbocycles. The standard InChI is InChI=1S/C21H17N5O/c1-26(14-17-5-2-4-15-6-3-9-23-19(15)17)21(27)18-12-24-20(25-13-18)16-7-10-22-11-8-16/h2-13H,14H2,1H3. The molecule has 0 N–H and O–H groups in total. The summed E-state index contributed by atoms with van der Waals surface area (Å²) in [7, 11) is 1.76. The molecule has 4 aromatic rings. The molecule has 0 spiro atoms. The van der Waals surface area contributed by atoms with Crippen LogP contribution in [0.1, 0.15) is 15.9 Å². The average molecular weight is 355 g/mol. The molecule has 3 heterocycles. The Morgan fingerprint density at radius 2 is 1.67 bits per heavy atom. The van der Waals surface area contributed by atoms with Crippen LogP contribution in [0.5, 0.6) is 0 Å². The highest BCUT2D eigenvalue weighted by atomic mass is 16.2. The molecule has 6 nitrogen and oxygen atoms in total. The van der Waals surface area contributed by atoms with Crippen molar-refractivity contribution < 1.29 is 4.79 Å². The lowest BCUT2D eigenvalue weighted by atomic mass is 10.1. The summed E-state index contributed by atoms with van der Waals surface area (Å²) in [5, 5.41) is 1.06. The summed E-state index contributed by atoms with van der Waals surface area (Å²) >= 11 is 0. The summed E-state index contributed by atoms with van der Waals surface area (Å²) < 4.78 is 0. The molecule has 27 heavy (non-hydrogen) atoms.